The number of imidazole rings is 1. The van der Waals surface area contributed by atoms with Crippen LogP contribution in [0.25, 0.3) is 0 Å². The van der Waals surface area contributed by atoms with Gasteiger partial charge in [-0.2, -0.15) is 4.98 Å². The summed E-state index contributed by atoms with van der Waals surface area (Å²) in [6.07, 6.45) is 3.20. The lowest BCUT2D eigenvalue weighted by molar-refractivity contribution is -0.140. The lowest BCUT2D eigenvalue weighted by Crippen LogP contribution is -2.20. The van der Waals surface area contributed by atoms with Crippen LogP contribution in [0.15, 0.2) is 6.20 Å². The van der Waals surface area contributed by atoms with E-state index in [1.54, 1.807) is 0 Å². The van der Waals surface area contributed by atoms with Gasteiger partial charge in [-0.05, 0) is 12.8 Å². The van der Waals surface area contributed by atoms with Crippen molar-refractivity contribution >= 4 is 5.97 Å². The van der Waals surface area contributed by atoms with Gasteiger partial charge in [-0.25, -0.2) is 0 Å². The molecule has 0 aromatic carbocycles. The topological polar surface area (TPSA) is 64.3 Å². The number of ether oxygens (including phenoxy) is 1. The minimum absolute atomic E-state index is 0.563. The highest BCUT2D eigenvalue weighted by molar-refractivity contribution is 5.84. The van der Waals surface area contributed by atoms with Crippen molar-refractivity contribution in [2.75, 3.05) is 6.61 Å². The van der Waals surface area contributed by atoms with E-state index < -0.39 is 11.4 Å². The molecule has 0 amide bonds. The number of aliphatic carboxylic acids is 1. The molecule has 2 heterocycles. The maximum absolute atomic E-state index is 11.0. The third-order valence-corrected chi connectivity index (χ3v) is 2.95. The lowest BCUT2D eigenvalue weighted by atomic mass is 10.0. The molecule has 1 aromatic heterocycles. The molecule has 0 atom stereocenters. The number of nitrogens with zero attached hydrogens (tertiary/aromatic N) is 2. The van der Waals surface area contributed by atoms with Crippen LogP contribution in [-0.4, -0.2) is 27.2 Å². The molecular formula is C9H10N2O3. The van der Waals surface area contributed by atoms with Gasteiger partial charge in [0.2, 0.25) is 0 Å². The summed E-state index contributed by atoms with van der Waals surface area (Å²) in [5.74, 6) is -0.769. The van der Waals surface area contributed by atoms with Crippen molar-refractivity contribution in [1.29, 1.82) is 0 Å². The number of aromatic nitrogens is 2. The van der Waals surface area contributed by atoms with Crippen molar-refractivity contribution < 1.29 is 14.6 Å². The molecule has 1 aliphatic carbocycles. The second-order valence-corrected chi connectivity index (χ2v) is 3.84. The summed E-state index contributed by atoms with van der Waals surface area (Å²) < 4.78 is 7.11. The molecule has 74 valence electrons. The molecule has 0 saturated heterocycles. The van der Waals surface area contributed by atoms with Crippen LogP contribution in [0.4, 0.5) is 0 Å². The van der Waals surface area contributed by atoms with Crippen LogP contribution in [-0.2, 0) is 16.8 Å². The molecule has 1 saturated carbocycles. The Bertz CT molecular complexity index is 385. The Kier molecular flexibility index (Phi) is 1.28. The van der Waals surface area contributed by atoms with Crippen LogP contribution < -0.4 is 4.74 Å². The van der Waals surface area contributed by atoms with Crippen LogP contribution in [0.1, 0.15) is 18.5 Å². The molecule has 0 radical (unpaired) electrons. The largest absolute Gasteiger partial charge is 0.481 e. The van der Waals surface area contributed by atoms with Gasteiger partial charge in [-0.1, -0.05) is 0 Å². The fraction of sp³-hybridized carbons (Fsp3) is 0.556. The standard InChI is InChI=1S/C9H10N2O3/c12-7(13)9(1-2-9)6-5-11-3-4-14-8(11)10-6/h5H,1-4H2,(H,12,13). The zero-order valence-electron chi connectivity index (χ0n) is 7.56. The Morgan fingerprint density at radius 3 is 3.00 bits per heavy atom. The van der Waals surface area contributed by atoms with E-state index in [0.29, 0.717) is 31.2 Å². The van der Waals surface area contributed by atoms with Gasteiger partial charge < -0.3 is 9.84 Å². The molecular weight excluding hydrogens is 184 g/mol. The zero-order chi connectivity index (χ0) is 9.76. The maximum atomic E-state index is 11.0. The second-order valence-electron chi connectivity index (χ2n) is 3.84. The van der Waals surface area contributed by atoms with Gasteiger partial charge in [-0.15, -0.1) is 0 Å². The molecule has 2 aliphatic rings. The first-order chi connectivity index (χ1) is 6.72. The third kappa shape index (κ3) is 0.840. The third-order valence-electron chi connectivity index (χ3n) is 2.95. The van der Waals surface area contributed by atoms with Crippen molar-refractivity contribution in [3.05, 3.63) is 11.9 Å². The summed E-state index contributed by atoms with van der Waals surface area (Å²) in [5.41, 5.74) is -0.0551. The minimum atomic E-state index is -0.769. The van der Waals surface area contributed by atoms with E-state index >= 15 is 0 Å². The van der Waals surface area contributed by atoms with Gasteiger partial charge in [0.05, 0.1) is 12.2 Å². The van der Waals surface area contributed by atoms with Crippen LogP contribution >= 0.6 is 0 Å². The van der Waals surface area contributed by atoms with Gasteiger partial charge in [0, 0.05) is 6.20 Å². The van der Waals surface area contributed by atoms with Crippen LogP contribution in [0.3, 0.4) is 0 Å². The number of hydrogen-bond donors (Lipinski definition) is 1. The van der Waals surface area contributed by atoms with E-state index in [2.05, 4.69) is 4.98 Å². The maximum Gasteiger partial charge on any atom is 0.315 e. The van der Waals surface area contributed by atoms with Crippen molar-refractivity contribution in [3.63, 3.8) is 0 Å². The van der Waals surface area contributed by atoms with Crippen molar-refractivity contribution in [2.45, 2.75) is 24.8 Å². The first-order valence-electron chi connectivity index (χ1n) is 4.66. The highest BCUT2D eigenvalue weighted by atomic mass is 16.5. The van der Waals surface area contributed by atoms with Crippen LogP contribution in [0.5, 0.6) is 6.01 Å². The smallest absolute Gasteiger partial charge is 0.315 e. The number of hydrogen-bond acceptors (Lipinski definition) is 3. The zero-order valence-corrected chi connectivity index (χ0v) is 7.56. The van der Waals surface area contributed by atoms with E-state index in [4.69, 9.17) is 9.84 Å². The van der Waals surface area contributed by atoms with Crippen molar-refractivity contribution in [3.8, 4) is 6.01 Å². The molecule has 0 unspecified atom stereocenters. The first-order valence-corrected chi connectivity index (χ1v) is 4.66. The summed E-state index contributed by atoms with van der Waals surface area (Å²) >= 11 is 0. The van der Waals surface area contributed by atoms with E-state index in [1.807, 2.05) is 10.8 Å². The Hall–Kier alpha value is -1.52. The second kappa shape index (κ2) is 2.29. The average molecular weight is 194 g/mol. The van der Waals surface area contributed by atoms with E-state index in [-0.39, 0.29) is 0 Å². The predicted octanol–water partition coefficient (Wildman–Crippen LogP) is 0.392. The normalized spacial score (nSPS) is 21.4. The molecule has 1 fully saturated rings. The molecule has 1 aliphatic heterocycles. The summed E-state index contributed by atoms with van der Waals surface area (Å²) in [6, 6.07) is 0.563. The molecule has 0 spiro atoms. The first kappa shape index (κ1) is 7.84. The monoisotopic (exact) mass is 194 g/mol. The Morgan fingerprint density at radius 1 is 1.64 bits per heavy atom. The molecule has 1 N–H and O–H groups in total. The Morgan fingerprint density at radius 2 is 2.43 bits per heavy atom. The number of carboxylic acid groups (broad SMARTS) is 1. The summed E-state index contributed by atoms with van der Waals surface area (Å²) in [6.45, 7) is 1.42. The van der Waals surface area contributed by atoms with Crippen LogP contribution in [0.2, 0.25) is 0 Å². The van der Waals surface area contributed by atoms with Gasteiger partial charge in [-0.3, -0.25) is 9.36 Å². The molecule has 5 heteroatoms. The highest BCUT2D eigenvalue weighted by Gasteiger charge is 2.54. The van der Waals surface area contributed by atoms with E-state index in [9.17, 15) is 4.79 Å². The van der Waals surface area contributed by atoms with Gasteiger partial charge in [0.15, 0.2) is 0 Å². The van der Waals surface area contributed by atoms with E-state index in [1.165, 1.54) is 0 Å². The number of rotatable bonds is 2. The molecule has 5 nitrogen and oxygen atoms in total. The van der Waals surface area contributed by atoms with Gasteiger partial charge in [0.25, 0.3) is 6.01 Å². The summed E-state index contributed by atoms with van der Waals surface area (Å²) in [5, 5.41) is 9.06. The highest BCUT2D eigenvalue weighted by Crippen LogP contribution is 2.48. The molecule has 0 bridgehead atoms. The Balaban J connectivity index is 2.01. The van der Waals surface area contributed by atoms with Gasteiger partial charge in [0.1, 0.15) is 12.0 Å². The van der Waals surface area contributed by atoms with Gasteiger partial charge >= 0.3 is 5.97 Å². The summed E-state index contributed by atoms with van der Waals surface area (Å²) in [4.78, 5) is 15.2. The fourth-order valence-electron chi connectivity index (χ4n) is 1.84. The van der Waals surface area contributed by atoms with E-state index in [0.717, 1.165) is 6.54 Å². The average Bonchev–Trinajstić information content (AvgIpc) is 2.67. The fourth-order valence-corrected chi connectivity index (χ4v) is 1.84. The molecule has 1 aromatic rings. The predicted molar refractivity (Wildman–Crippen MR) is 46.3 cm³/mol. The van der Waals surface area contributed by atoms with Crippen LogP contribution in [0, 0.1) is 0 Å². The Labute approximate surface area is 80.3 Å². The number of carboxylic acids is 1. The lowest BCUT2D eigenvalue weighted by Gasteiger charge is -2.04. The number of carbonyl (C=O) groups is 1. The molecule has 14 heavy (non-hydrogen) atoms. The minimum Gasteiger partial charge on any atom is -0.481 e. The van der Waals surface area contributed by atoms with Crippen molar-refractivity contribution in [1.82, 2.24) is 9.55 Å². The molecule has 3 rings (SSSR count). The quantitative estimate of drug-likeness (QED) is 0.739. The summed E-state index contributed by atoms with van der Waals surface area (Å²) in [7, 11) is 0. The SMILES string of the molecule is O=C(O)C1(c2cn3c(n2)OCC3)CC1. The van der Waals surface area contributed by atoms with Crippen molar-refractivity contribution in [2.24, 2.45) is 0 Å². The number of fused-ring (bicyclic) bond motifs is 1.